The lowest BCUT2D eigenvalue weighted by atomic mass is 9.98. The maximum absolute atomic E-state index is 10.8. The number of carboxylic acid groups (broad SMARTS) is 1. The van der Waals surface area contributed by atoms with Crippen molar-refractivity contribution >= 4 is 11.7 Å². The van der Waals surface area contributed by atoms with E-state index in [4.69, 9.17) is 5.11 Å². The van der Waals surface area contributed by atoms with Gasteiger partial charge in [0.2, 0.25) is 0 Å². The zero-order valence-electron chi connectivity index (χ0n) is 11.9. The van der Waals surface area contributed by atoms with Gasteiger partial charge < -0.3 is 10.4 Å². The summed E-state index contributed by atoms with van der Waals surface area (Å²) in [6.45, 7) is 10.8. The minimum absolute atomic E-state index is 0.302. The van der Waals surface area contributed by atoms with Crippen molar-refractivity contribution in [2.75, 3.05) is 11.9 Å². The SMILES string of the molecule is Cc1cc(C)c(C)c(NCCC(C)C(=O)O)c1C. The first-order valence-electron chi connectivity index (χ1n) is 6.38. The van der Waals surface area contributed by atoms with Crippen LogP contribution in [0.5, 0.6) is 0 Å². The smallest absolute Gasteiger partial charge is 0.306 e. The summed E-state index contributed by atoms with van der Waals surface area (Å²) in [4.78, 5) is 10.8. The van der Waals surface area contributed by atoms with Crippen LogP contribution in [0.4, 0.5) is 5.69 Å². The number of nitrogens with one attached hydrogen (secondary N) is 1. The molecule has 0 heterocycles. The Morgan fingerprint density at radius 3 is 2.17 bits per heavy atom. The largest absolute Gasteiger partial charge is 0.481 e. The van der Waals surface area contributed by atoms with Gasteiger partial charge in [-0.2, -0.15) is 0 Å². The zero-order valence-corrected chi connectivity index (χ0v) is 11.9. The standard InChI is InChI=1S/C15H23NO2/c1-9(15(17)18)6-7-16-14-12(4)10(2)8-11(3)13(14)5/h8-9,16H,6-7H2,1-5H3,(H,17,18). The van der Waals surface area contributed by atoms with Crippen LogP contribution in [0, 0.1) is 33.6 Å². The predicted molar refractivity (Wildman–Crippen MR) is 75.3 cm³/mol. The Kier molecular flexibility index (Phi) is 4.76. The fourth-order valence-electron chi connectivity index (χ4n) is 2.02. The molecule has 0 spiro atoms. The molecule has 0 aliphatic carbocycles. The average Bonchev–Trinajstić information content (AvgIpc) is 2.30. The number of hydrogen-bond acceptors (Lipinski definition) is 2. The van der Waals surface area contributed by atoms with Gasteiger partial charge in [-0.15, -0.1) is 0 Å². The van der Waals surface area contributed by atoms with E-state index >= 15 is 0 Å². The average molecular weight is 249 g/mol. The van der Waals surface area contributed by atoms with Crippen molar-refractivity contribution in [2.24, 2.45) is 5.92 Å². The first-order valence-corrected chi connectivity index (χ1v) is 6.38. The highest BCUT2D eigenvalue weighted by Crippen LogP contribution is 2.26. The van der Waals surface area contributed by atoms with E-state index in [1.807, 2.05) is 0 Å². The summed E-state index contributed by atoms with van der Waals surface area (Å²) in [6.07, 6.45) is 0.640. The minimum Gasteiger partial charge on any atom is -0.481 e. The van der Waals surface area contributed by atoms with Crippen LogP contribution in [-0.4, -0.2) is 17.6 Å². The normalized spacial score (nSPS) is 12.3. The van der Waals surface area contributed by atoms with Gasteiger partial charge >= 0.3 is 5.97 Å². The molecule has 0 aliphatic heterocycles. The van der Waals surface area contributed by atoms with Crippen LogP contribution in [0.1, 0.15) is 35.6 Å². The Bertz CT molecular complexity index is 426. The highest BCUT2D eigenvalue weighted by Gasteiger charge is 2.12. The van der Waals surface area contributed by atoms with Gasteiger partial charge in [-0.1, -0.05) is 13.0 Å². The molecule has 1 aromatic rings. The Morgan fingerprint density at radius 2 is 1.72 bits per heavy atom. The molecule has 0 saturated heterocycles. The van der Waals surface area contributed by atoms with Gasteiger partial charge in [0.1, 0.15) is 0 Å². The van der Waals surface area contributed by atoms with Crippen LogP contribution in [0.25, 0.3) is 0 Å². The predicted octanol–water partition coefficient (Wildman–Crippen LogP) is 3.44. The number of carboxylic acids is 1. The Morgan fingerprint density at radius 1 is 1.22 bits per heavy atom. The molecule has 0 bridgehead atoms. The van der Waals surface area contributed by atoms with Crippen LogP contribution in [-0.2, 0) is 4.79 Å². The molecule has 0 saturated carbocycles. The second-order valence-corrected chi connectivity index (χ2v) is 5.09. The van der Waals surface area contributed by atoms with E-state index in [-0.39, 0.29) is 5.92 Å². The van der Waals surface area contributed by atoms with Crippen molar-refractivity contribution in [1.29, 1.82) is 0 Å². The van der Waals surface area contributed by atoms with Gasteiger partial charge in [0.15, 0.2) is 0 Å². The molecule has 0 radical (unpaired) electrons. The zero-order chi connectivity index (χ0) is 13.9. The second-order valence-electron chi connectivity index (χ2n) is 5.09. The number of hydrogen-bond donors (Lipinski definition) is 2. The topological polar surface area (TPSA) is 49.3 Å². The van der Waals surface area contributed by atoms with Crippen molar-refractivity contribution in [1.82, 2.24) is 0 Å². The van der Waals surface area contributed by atoms with Crippen molar-refractivity contribution < 1.29 is 9.90 Å². The summed E-state index contributed by atoms with van der Waals surface area (Å²) in [7, 11) is 0. The Hall–Kier alpha value is -1.51. The monoisotopic (exact) mass is 249 g/mol. The Labute approximate surface area is 109 Å². The van der Waals surface area contributed by atoms with E-state index in [1.54, 1.807) is 6.92 Å². The summed E-state index contributed by atoms with van der Waals surface area (Å²) in [5.74, 6) is -1.03. The molecular formula is C15H23NO2. The first-order chi connectivity index (χ1) is 8.34. The van der Waals surface area contributed by atoms with Crippen LogP contribution < -0.4 is 5.32 Å². The molecule has 1 rings (SSSR count). The molecule has 0 aromatic heterocycles. The fraction of sp³-hybridized carbons (Fsp3) is 0.533. The van der Waals surface area contributed by atoms with E-state index in [1.165, 1.54) is 22.3 Å². The molecule has 18 heavy (non-hydrogen) atoms. The maximum atomic E-state index is 10.8. The molecule has 0 aliphatic rings. The second kappa shape index (κ2) is 5.89. The first kappa shape index (κ1) is 14.6. The van der Waals surface area contributed by atoms with Crippen LogP contribution in [0.15, 0.2) is 6.07 Å². The lowest BCUT2D eigenvalue weighted by Gasteiger charge is -2.17. The summed E-state index contributed by atoms with van der Waals surface area (Å²) >= 11 is 0. The molecule has 2 N–H and O–H groups in total. The number of rotatable bonds is 5. The number of benzene rings is 1. The molecule has 1 aromatic carbocycles. The van der Waals surface area contributed by atoms with E-state index in [2.05, 4.69) is 39.1 Å². The molecule has 0 fully saturated rings. The lowest BCUT2D eigenvalue weighted by Crippen LogP contribution is -2.15. The van der Waals surface area contributed by atoms with Gasteiger partial charge in [-0.3, -0.25) is 4.79 Å². The summed E-state index contributed by atoms with van der Waals surface area (Å²) in [5, 5.41) is 12.2. The molecule has 3 heteroatoms. The summed E-state index contributed by atoms with van der Waals surface area (Å²) in [6, 6.07) is 2.19. The van der Waals surface area contributed by atoms with Crippen LogP contribution in [0.2, 0.25) is 0 Å². The van der Waals surface area contributed by atoms with Gasteiger partial charge in [-0.25, -0.2) is 0 Å². The van der Waals surface area contributed by atoms with Crippen LogP contribution in [0.3, 0.4) is 0 Å². The van der Waals surface area contributed by atoms with E-state index in [0.29, 0.717) is 13.0 Å². The van der Waals surface area contributed by atoms with Gasteiger partial charge in [0, 0.05) is 12.2 Å². The number of aryl methyl sites for hydroxylation is 2. The van der Waals surface area contributed by atoms with Crippen LogP contribution >= 0.6 is 0 Å². The quantitative estimate of drug-likeness (QED) is 0.840. The molecule has 1 unspecified atom stereocenters. The Balaban J connectivity index is 2.76. The minimum atomic E-state index is -0.731. The molecule has 1 atom stereocenters. The third kappa shape index (κ3) is 3.25. The highest BCUT2D eigenvalue weighted by atomic mass is 16.4. The lowest BCUT2D eigenvalue weighted by molar-refractivity contribution is -0.141. The number of carbonyl (C=O) groups is 1. The number of aliphatic carboxylic acids is 1. The van der Waals surface area contributed by atoms with Gasteiger partial charge in [-0.05, 0) is 56.4 Å². The third-order valence-electron chi connectivity index (χ3n) is 3.67. The van der Waals surface area contributed by atoms with E-state index in [9.17, 15) is 4.79 Å². The van der Waals surface area contributed by atoms with E-state index in [0.717, 1.165) is 5.69 Å². The molecule has 0 amide bonds. The summed E-state index contributed by atoms with van der Waals surface area (Å²) in [5.41, 5.74) is 6.20. The van der Waals surface area contributed by atoms with Crippen molar-refractivity contribution in [3.8, 4) is 0 Å². The van der Waals surface area contributed by atoms with Crippen molar-refractivity contribution in [3.63, 3.8) is 0 Å². The molecule has 100 valence electrons. The van der Waals surface area contributed by atoms with Gasteiger partial charge in [0.25, 0.3) is 0 Å². The maximum Gasteiger partial charge on any atom is 0.306 e. The van der Waals surface area contributed by atoms with Gasteiger partial charge in [0.05, 0.1) is 5.92 Å². The highest BCUT2D eigenvalue weighted by molar-refractivity contribution is 5.69. The van der Waals surface area contributed by atoms with Crippen molar-refractivity contribution in [2.45, 2.75) is 41.0 Å². The molecule has 3 nitrogen and oxygen atoms in total. The third-order valence-corrected chi connectivity index (χ3v) is 3.67. The number of anilines is 1. The summed E-state index contributed by atoms with van der Waals surface area (Å²) < 4.78 is 0. The fourth-order valence-corrected chi connectivity index (χ4v) is 2.02. The molecular weight excluding hydrogens is 226 g/mol. The van der Waals surface area contributed by atoms with E-state index < -0.39 is 5.97 Å². The van der Waals surface area contributed by atoms with Crippen molar-refractivity contribution in [3.05, 3.63) is 28.3 Å².